The third-order valence-electron chi connectivity index (χ3n) is 6.63. The van der Waals surface area contributed by atoms with Crippen LogP contribution >= 0.6 is 0 Å². The van der Waals surface area contributed by atoms with E-state index in [9.17, 15) is 14.3 Å². The second kappa shape index (κ2) is 11.2. The first kappa shape index (κ1) is 25.1. The molecule has 0 aliphatic carbocycles. The molecule has 0 aromatic heterocycles. The van der Waals surface area contributed by atoms with Crippen LogP contribution in [0.3, 0.4) is 0 Å². The molecule has 2 N–H and O–H groups in total. The number of halogens is 1. The first-order chi connectivity index (χ1) is 16.8. The maximum Gasteiger partial charge on any atom is 0.253 e. The SMILES string of the molecule is CC(C)OCCNc1ccc(N2N=CCC2CC2(O)CCN(C(=O)c3ccc(F)cc3)CC2)cc1. The number of likely N-dealkylation sites (tertiary alicyclic amines) is 1. The lowest BCUT2D eigenvalue weighted by atomic mass is 9.84. The zero-order valence-electron chi connectivity index (χ0n) is 20.5. The number of nitrogens with zero attached hydrogens (tertiary/aromatic N) is 3. The fraction of sp³-hybridized carbons (Fsp3) is 0.481. The molecule has 2 aliphatic heterocycles. The van der Waals surface area contributed by atoms with E-state index in [2.05, 4.69) is 10.4 Å². The summed E-state index contributed by atoms with van der Waals surface area (Å²) in [5.41, 5.74) is 1.63. The number of rotatable bonds is 9. The minimum absolute atomic E-state index is 0.0672. The molecule has 2 heterocycles. The summed E-state index contributed by atoms with van der Waals surface area (Å²) < 4.78 is 18.7. The van der Waals surface area contributed by atoms with E-state index in [0.29, 0.717) is 44.5 Å². The Labute approximate surface area is 206 Å². The number of hydrogen-bond acceptors (Lipinski definition) is 6. The summed E-state index contributed by atoms with van der Waals surface area (Å²) in [5.74, 6) is -0.484. The highest BCUT2D eigenvalue weighted by molar-refractivity contribution is 5.94. The van der Waals surface area contributed by atoms with Gasteiger partial charge in [-0.3, -0.25) is 9.80 Å². The van der Waals surface area contributed by atoms with Crippen molar-refractivity contribution in [2.75, 3.05) is 36.6 Å². The Morgan fingerprint density at radius 1 is 1.17 bits per heavy atom. The summed E-state index contributed by atoms with van der Waals surface area (Å²) in [7, 11) is 0. The van der Waals surface area contributed by atoms with Crippen LogP contribution in [0, 0.1) is 5.82 Å². The molecule has 7 nitrogen and oxygen atoms in total. The van der Waals surface area contributed by atoms with Crippen molar-refractivity contribution in [1.82, 2.24) is 4.90 Å². The van der Waals surface area contributed by atoms with E-state index in [-0.39, 0.29) is 23.9 Å². The molecule has 1 amide bonds. The number of nitrogens with one attached hydrogen (secondary N) is 1. The van der Waals surface area contributed by atoms with Gasteiger partial charge < -0.3 is 20.1 Å². The molecule has 1 unspecified atom stereocenters. The summed E-state index contributed by atoms with van der Waals surface area (Å²) in [6, 6.07) is 13.8. The highest BCUT2D eigenvalue weighted by atomic mass is 19.1. The van der Waals surface area contributed by atoms with Gasteiger partial charge in [-0.05, 0) is 81.6 Å². The monoisotopic (exact) mass is 482 g/mol. The van der Waals surface area contributed by atoms with Crippen molar-refractivity contribution in [3.63, 3.8) is 0 Å². The average molecular weight is 483 g/mol. The van der Waals surface area contributed by atoms with E-state index in [1.54, 1.807) is 4.90 Å². The standard InChI is InChI=1S/C27H35FN4O3/c1-20(2)35-18-15-29-23-7-9-24(10-8-23)32-25(11-14-30-32)19-27(34)12-16-31(17-13-27)26(33)21-3-5-22(28)6-4-21/h3-10,14,20,25,29,34H,11-13,15-19H2,1-2H3. The summed E-state index contributed by atoms with van der Waals surface area (Å²) in [5, 5.41) is 21.2. The molecule has 1 saturated heterocycles. The van der Waals surface area contributed by atoms with Crippen LogP contribution in [0.15, 0.2) is 53.6 Å². The quantitative estimate of drug-likeness (QED) is 0.522. The van der Waals surface area contributed by atoms with Crippen molar-refractivity contribution in [1.29, 1.82) is 0 Å². The molecule has 1 atom stereocenters. The number of piperidine rings is 1. The number of carbonyl (C=O) groups is 1. The molecule has 2 aromatic rings. The molecule has 0 saturated carbocycles. The number of aliphatic hydroxyl groups is 1. The lowest BCUT2D eigenvalue weighted by Crippen LogP contribution is -2.49. The van der Waals surface area contributed by atoms with E-state index in [0.717, 1.165) is 24.3 Å². The number of amides is 1. The smallest absolute Gasteiger partial charge is 0.253 e. The summed E-state index contributed by atoms with van der Waals surface area (Å²) in [4.78, 5) is 14.5. The van der Waals surface area contributed by atoms with E-state index in [1.165, 1.54) is 24.3 Å². The predicted molar refractivity (Wildman–Crippen MR) is 136 cm³/mol. The van der Waals surface area contributed by atoms with E-state index in [4.69, 9.17) is 4.74 Å². The third kappa shape index (κ3) is 6.58. The molecule has 8 heteroatoms. The molecule has 0 bridgehead atoms. The van der Waals surface area contributed by atoms with Crippen LogP contribution in [0.4, 0.5) is 15.8 Å². The predicted octanol–water partition coefficient (Wildman–Crippen LogP) is 4.28. The zero-order chi connectivity index (χ0) is 24.8. The Kier molecular flexibility index (Phi) is 8.03. The van der Waals surface area contributed by atoms with Crippen molar-refractivity contribution in [2.24, 2.45) is 5.10 Å². The van der Waals surface area contributed by atoms with E-state index >= 15 is 0 Å². The van der Waals surface area contributed by atoms with Crippen LogP contribution in [-0.2, 0) is 4.74 Å². The second-order valence-corrected chi connectivity index (χ2v) is 9.65. The van der Waals surface area contributed by atoms with Crippen molar-refractivity contribution in [2.45, 2.75) is 57.3 Å². The Morgan fingerprint density at radius 3 is 2.51 bits per heavy atom. The maximum absolute atomic E-state index is 13.2. The van der Waals surface area contributed by atoms with Crippen LogP contribution in [-0.4, -0.2) is 66.1 Å². The van der Waals surface area contributed by atoms with Gasteiger partial charge in [0, 0.05) is 43.5 Å². The highest BCUT2D eigenvalue weighted by Crippen LogP contribution is 2.34. The van der Waals surface area contributed by atoms with Gasteiger partial charge in [-0.15, -0.1) is 0 Å². The highest BCUT2D eigenvalue weighted by Gasteiger charge is 2.38. The first-order valence-corrected chi connectivity index (χ1v) is 12.4. The fourth-order valence-corrected chi connectivity index (χ4v) is 4.66. The van der Waals surface area contributed by atoms with Gasteiger partial charge in [0.15, 0.2) is 0 Å². The summed E-state index contributed by atoms with van der Waals surface area (Å²) >= 11 is 0. The largest absolute Gasteiger partial charge is 0.390 e. The van der Waals surface area contributed by atoms with Gasteiger partial charge in [0.05, 0.1) is 30.0 Å². The number of benzene rings is 2. The summed E-state index contributed by atoms with van der Waals surface area (Å²) in [6.07, 6.45) is 4.49. The fourth-order valence-electron chi connectivity index (χ4n) is 4.66. The van der Waals surface area contributed by atoms with E-state index in [1.807, 2.05) is 49.3 Å². The van der Waals surface area contributed by atoms with Crippen molar-refractivity contribution < 1.29 is 19.0 Å². The molecule has 35 heavy (non-hydrogen) atoms. The molecule has 4 rings (SSSR count). The van der Waals surface area contributed by atoms with E-state index < -0.39 is 5.60 Å². The van der Waals surface area contributed by atoms with Gasteiger partial charge in [-0.1, -0.05) is 0 Å². The topological polar surface area (TPSA) is 77.4 Å². The van der Waals surface area contributed by atoms with Gasteiger partial charge in [-0.2, -0.15) is 5.10 Å². The molecule has 2 aliphatic rings. The van der Waals surface area contributed by atoms with Gasteiger partial charge in [0.1, 0.15) is 5.82 Å². The number of hydrazone groups is 1. The minimum atomic E-state index is -0.853. The minimum Gasteiger partial charge on any atom is -0.390 e. The van der Waals surface area contributed by atoms with Crippen molar-refractivity contribution in [3.8, 4) is 0 Å². The number of ether oxygens (including phenoxy) is 1. The molecule has 0 radical (unpaired) electrons. The second-order valence-electron chi connectivity index (χ2n) is 9.65. The van der Waals surface area contributed by atoms with Gasteiger partial charge in [0.2, 0.25) is 0 Å². The number of anilines is 2. The Hall–Kier alpha value is -2.97. The molecule has 188 valence electrons. The van der Waals surface area contributed by atoms with Crippen molar-refractivity contribution in [3.05, 3.63) is 59.9 Å². The molecular weight excluding hydrogens is 447 g/mol. The Morgan fingerprint density at radius 2 is 1.86 bits per heavy atom. The average Bonchev–Trinajstić information content (AvgIpc) is 3.30. The molecule has 0 spiro atoms. The molecular formula is C27H35FN4O3. The van der Waals surface area contributed by atoms with Gasteiger partial charge in [0.25, 0.3) is 5.91 Å². The van der Waals surface area contributed by atoms with Crippen LogP contribution in [0.1, 0.15) is 49.9 Å². The first-order valence-electron chi connectivity index (χ1n) is 12.4. The maximum atomic E-state index is 13.2. The van der Waals surface area contributed by atoms with Crippen LogP contribution < -0.4 is 10.3 Å². The summed E-state index contributed by atoms with van der Waals surface area (Å²) in [6.45, 7) is 6.39. The molecule has 2 aromatic carbocycles. The van der Waals surface area contributed by atoms with Crippen LogP contribution in [0.5, 0.6) is 0 Å². The van der Waals surface area contributed by atoms with Crippen LogP contribution in [0.25, 0.3) is 0 Å². The Bertz CT molecular complexity index is 1000. The normalized spacial score (nSPS) is 19.4. The van der Waals surface area contributed by atoms with Gasteiger partial charge >= 0.3 is 0 Å². The number of hydrogen-bond donors (Lipinski definition) is 2. The zero-order valence-corrected chi connectivity index (χ0v) is 20.5. The van der Waals surface area contributed by atoms with Crippen LogP contribution in [0.2, 0.25) is 0 Å². The lowest BCUT2D eigenvalue weighted by molar-refractivity contribution is -0.0268. The Balaban J connectivity index is 1.29. The van der Waals surface area contributed by atoms with Gasteiger partial charge in [-0.25, -0.2) is 4.39 Å². The van der Waals surface area contributed by atoms with Crippen molar-refractivity contribution >= 4 is 23.5 Å². The molecule has 1 fully saturated rings. The number of carbonyl (C=O) groups excluding carboxylic acids is 1. The lowest BCUT2D eigenvalue weighted by Gasteiger charge is -2.40. The third-order valence-corrected chi connectivity index (χ3v) is 6.63.